The predicted molar refractivity (Wildman–Crippen MR) is 65.1 cm³/mol. The van der Waals surface area contributed by atoms with E-state index in [0.29, 0.717) is 5.56 Å². The molecule has 1 aromatic heterocycles. The molecule has 1 fully saturated rings. The maximum absolute atomic E-state index is 12.3. The van der Waals surface area contributed by atoms with E-state index in [1.165, 1.54) is 0 Å². The van der Waals surface area contributed by atoms with Gasteiger partial charge < -0.3 is 10.0 Å². The van der Waals surface area contributed by atoms with Gasteiger partial charge in [0.05, 0.1) is 5.92 Å². The summed E-state index contributed by atoms with van der Waals surface area (Å²) in [4.78, 5) is 28.7. The third kappa shape index (κ3) is 2.85. The maximum Gasteiger partial charge on any atom is 0.308 e. The van der Waals surface area contributed by atoms with Crippen molar-refractivity contribution >= 4 is 11.9 Å². The van der Waals surface area contributed by atoms with E-state index in [4.69, 9.17) is 5.11 Å². The molecule has 0 aliphatic heterocycles. The molecule has 96 valence electrons. The second-order valence-corrected chi connectivity index (χ2v) is 4.66. The van der Waals surface area contributed by atoms with Crippen molar-refractivity contribution in [2.24, 2.45) is 5.92 Å². The molecule has 1 atom stereocenters. The summed E-state index contributed by atoms with van der Waals surface area (Å²) < 4.78 is 0. The van der Waals surface area contributed by atoms with Crippen LogP contribution < -0.4 is 0 Å². The van der Waals surface area contributed by atoms with E-state index in [2.05, 4.69) is 4.98 Å². The van der Waals surface area contributed by atoms with Crippen molar-refractivity contribution in [2.75, 3.05) is 6.54 Å². The van der Waals surface area contributed by atoms with Crippen molar-refractivity contribution in [3.05, 3.63) is 30.1 Å². The number of rotatable bonds is 5. The van der Waals surface area contributed by atoms with Crippen LogP contribution in [0.5, 0.6) is 0 Å². The van der Waals surface area contributed by atoms with Gasteiger partial charge >= 0.3 is 5.97 Å². The van der Waals surface area contributed by atoms with E-state index in [0.717, 1.165) is 12.8 Å². The summed E-state index contributed by atoms with van der Waals surface area (Å²) in [5, 5.41) is 8.94. The van der Waals surface area contributed by atoms with Gasteiger partial charge in [-0.3, -0.25) is 14.6 Å². The Balaban J connectivity index is 2.11. The summed E-state index contributed by atoms with van der Waals surface area (Å²) in [6.07, 6.45) is 5.06. The first-order valence-corrected chi connectivity index (χ1v) is 6.03. The Hall–Kier alpha value is -1.91. The van der Waals surface area contributed by atoms with Gasteiger partial charge in [-0.05, 0) is 25.0 Å². The molecule has 1 amide bonds. The summed E-state index contributed by atoms with van der Waals surface area (Å²) in [7, 11) is 0. The fraction of sp³-hybridized carbons (Fsp3) is 0.462. The summed E-state index contributed by atoms with van der Waals surface area (Å²) in [6, 6.07) is 3.51. The summed E-state index contributed by atoms with van der Waals surface area (Å²) in [5.74, 6) is -1.52. The number of carboxylic acid groups (broad SMARTS) is 1. The number of nitrogens with zero attached hydrogens (tertiary/aromatic N) is 2. The van der Waals surface area contributed by atoms with Gasteiger partial charge in [0.1, 0.15) is 0 Å². The zero-order valence-electron chi connectivity index (χ0n) is 10.2. The molecule has 5 heteroatoms. The fourth-order valence-corrected chi connectivity index (χ4v) is 1.82. The first kappa shape index (κ1) is 12.5. The lowest BCUT2D eigenvalue weighted by molar-refractivity contribution is -0.141. The first-order chi connectivity index (χ1) is 8.59. The standard InChI is InChI=1S/C13H16N2O3/c1-9(13(17)18)8-15(11-2-3-11)12(16)10-4-6-14-7-5-10/h4-7,9,11H,2-3,8H2,1H3,(H,17,18)/t9-/m0/s1. The molecular formula is C13H16N2O3. The van der Waals surface area contributed by atoms with E-state index >= 15 is 0 Å². The fourth-order valence-electron chi connectivity index (χ4n) is 1.82. The zero-order chi connectivity index (χ0) is 13.1. The highest BCUT2D eigenvalue weighted by atomic mass is 16.4. The number of hydrogen-bond donors (Lipinski definition) is 1. The summed E-state index contributed by atoms with van der Waals surface area (Å²) in [5.41, 5.74) is 0.564. The van der Waals surface area contributed by atoms with Crippen molar-refractivity contribution < 1.29 is 14.7 Å². The molecule has 1 N–H and O–H groups in total. The van der Waals surface area contributed by atoms with Crippen LogP contribution in [0.1, 0.15) is 30.1 Å². The Morgan fingerprint density at radius 3 is 2.56 bits per heavy atom. The summed E-state index contributed by atoms with van der Waals surface area (Å²) in [6.45, 7) is 1.89. The van der Waals surface area contributed by atoms with E-state index in [1.54, 1.807) is 36.4 Å². The molecule has 0 aromatic carbocycles. The van der Waals surface area contributed by atoms with Crippen molar-refractivity contribution in [1.82, 2.24) is 9.88 Å². The lowest BCUT2D eigenvalue weighted by Crippen LogP contribution is -2.38. The second kappa shape index (κ2) is 5.16. The Morgan fingerprint density at radius 2 is 2.06 bits per heavy atom. The lowest BCUT2D eigenvalue weighted by Gasteiger charge is -2.24. The number of aliphatic carboxylic acids is 1. The first-order valence-electron chi connectivity index (χ1n) is 6.03. The molecule has 0 radical (unpaired) electrons. The average molecular weight is 248 g/mol. The van der Waals surface area contributed by atoms with Crippen LogP contribution >= 0.6 is 0 Å². The van der Waals surface area contributed by atoms with E-state index < -0.39 is 11.9 Å². The van der Waals surface area contributed by atoms with Crippen LogP contribution in [-0.4, -0.2) is 39.5 Å². The smallest absolute Gasteiger partial charge is 0.308 e. The van der Waals surface area contributed by atoms with Gasteiger partial charge in [-0.2, -0.15) is 0 Å². The number of carbonyl (C=O) groups is 2. The van der Waals surface area contributed by atoms with Crippen LogP contribution in [0.3, 0.4) is 0 Å². The zero-order valence-corrected chi connectivity index (χ0v) is 10.2. The highest BCUT2D eigenvalue weighted by Crippen LogP contribution is 2.29. The van der Waals surface area contributed by atoms with Crippen molar-refractivity contribution in [1.29, 1.82) is 0 Å². The minimum absolute atomic E-state index is 0.104. The largest absolute Gasteiger partial charge is 0.481 e. The number of aromatic nitrogens is 1. The number of carboxylic acids is 1. The number of hydrogen-bond acceptors (Lipinski definition) is 3. The molecule has 0 bridgehead atoms. The average Bonchev–Trinajstić information content (AvgIpc) is 3.20. The Bertz CT molecular complexity index is 443. The van der Waals surface area contributed by atoms with Gasteiger partial charge in [-0.25, -0.2) is 0 Å². The summed E-state index contributed by atoms with van der Waals surface area (Å²) >= 11 is 0. The van der Waals surface area contributed by atoms with Crippen LogP contribution in [0.2, 0.25) is 0 Å². The maximum atomic E-state index is 12.3. The van der Waals surface area contributed by atoms with Gasteiger partial charge in [-0.15, -0.1) is 0 Å². The van der Waals surface area contributed by atoms with Crippen molar-refractivity contribution in [2.45, 2.75) is 25.8 Å². The van der Waals surface area contributed by atoms with Gasteiger partial charge in [0, 0.05) is 30.5 Å². The predicted octanol–water partition coefficient (Wildman–Crippen LogP) is 1.41. The third-order valence-electron chi connectivity index (χ3n) is 3.07. The van der Waals surface area contributed by atoms with Gasteiger partial charge in [0.15, 0.2) is 0 Å². The minimum atomic E-state index is -0.872. The topological polar surface area (TPSA) is 70.5 Å². The third-order valence-corrected chi connectivity index (χ3v) is 3.07. The van der Waals surface area contributed by atoms with E-state index in [9.17, 15) is 9.59 Å². The Kier molecular flexibility index (Phi) is 3.60. The Morgan fingerprint density at radius 1 is 1.44 bits per heavy atom. The molecule has 0 saturated heterocycles. The molecule has 1 heterocycles. The molecule has 2 rings (SSSR count). The van der Waals surface area contributed by atoms with Crippen molar-refractivity contribution in [3.63, 3.8) is 0 Å². The number of carbonyl (C=O) groups excluding carboxylic acids is 1. The minimum Gasteiger partial charge on any atom is -0.481 e. The van der Waals surface area contributed by atoms with Crippen LogP contribution in [0.25, 0.3) is 0 Å². The Labute approximate surface area is 105 Å². The SMILES string of the molecule is C[C@@H](CN(C(=O)c1ccncc1)C1CC1)C(=O)O. The monoisotopic (exact) mass is 248 g/mol. The molecule has 1 saturated carbocycles. The van der Waals surface area contributed by atoms with E-state index in [-0.39, 0.29) is 18.5 Å². The molecule has 1 aromatic rings. The van der Waals surface area contributed by atoms with Crippen LogP contribution in [-0.2, 0) is 4.79 Å². The highest BCUT2D eigenvalue weighted by Gasteiger charge is 2.34. The van der Waals surface area contributed by atoms with Gasteiger partial charge in [0.25, 0.3) is 5.91 Å². The van der Waals surface area contributed by atoms with Crippen LogP contribution in [0, 0.1) is 5.92 Å². The molecule has 5 nitrogen and oxygen atoms in total. The molecule has 18 heavy (non-hydrogen) atoms. The molecule has 0 unspecified atom stereocenters. The quantitative estimate of drug-likeness (QED) is 0.855. The van der Waals surface area contributed by atoms with Gasteiger partial charge in [-0.1, -0.05) is 6.92 Å². The normalized spacial score (nSPS) is 16.1. The van der Waals surface area contributed by atoms with E-state index in [1.807, 2.05) is 0 Å². The van der Waals surface area contributed by atoms with Gasteiger partial charge in [0.2, 0.25) is 0 Å². The second-order valence-electron chi connectivity index (χ2n) is 4.66. The van der Waals surface area contributed by atoms with Crippen LogP contribution in [0.15, 0.2) is 24.5 Å². The van der Waals surface area contributed by atoms with Crippen LogP contribution in [0.4, 0.5) is 0 Å². The molecular weight excluding hydrogens is 232 g/mol. The molecule has 0 spiro atoms. The number of pyridine rings is 1. The molecule has 1 aliphatic carbocycles. The molecule has 1 aliphatic rings. The van der Waals surface area contributed by atoms with Crippen molar-refractivity contribution in [3.8, 4) is 0 Å². The highest BCUT2D eigenvalue weighted by molar-refractivity contribution is 5.94. The number of amides is 1. The lowest BCUT2D eigenvalue weighted by atomic mass is 10.1.